The van der Waals surface area contributed by atoms with E-state index in [1.807, 2.05) is 6.07 Å². The lowest BCUT2D eigenvalue weighted by Gasteiger charge is -2.45. The van der Waals surface area contributed by atoms with E-state index in [-0.39, 0.29) is 11.1 Å². The molecule has 2 nitrogen and oxygen atoms in total. The van der Waals surface area contributed by atoms with Crippen molar-refractivity contribution in [3.63, 3.8) is 0 Å². The van der Waals surface area contributed by atoms with Gasteiger partial charge in [0, 0.05) is 12.1 Å². The molecule has 1 saturated heterocycles. The van der Waals surface area contributed by atoms with Gasteiger partial charge in [-0.25, -0.2) is 0 Å². The molecule has 0 aromatic heterocycles. The minimum absolute atomic E-state index is 0.175. The predicted octanol–water partition coefficient (Wildman–Crippen LogP) is 3.08. The van der Waals surface area contributed by atoms with Crippen molar-refractivity contribution in [2.24, 2.45) is 0 Å². The zero-order valence-electron chi connectivity index (χ0n) is 11.1. The topological polar surface area (TPSA) is 21.3 Å². The van der Waals surface area contributed by atoms with Crippen LogP contribution in [0.5, 0.6) is 0 Å². The Morgan fingerprint density at radius 2 is 1.82 bits per heavy atom. The highest BCUT2D eigenvalue weighted by molar-refractivity contribution is 5.23. The molecular weight excluding hydrogens is 210 g/mol. The van der Waals surface area contributed by atoms with E-state index in [4.69, 9.17) is 4.74 Å². The first-order valence-electron chi connectivity index (χ1n) is 6.59. The number of hydrogen-bond donors (Lipinski definition) is 1. The van der Waals surface area contributed by atoms with Crippen molar-refractivity contribution >= 4 is 0 Å². The molecule has 2 rings (SSSR count). The molecule has 0 saturated carbocycles. The number of morpholine rings is 1. The third-order valence-electron chi connectivity index (χ3n) is 4.21. The predicted molar refractivity (Wildman–Crippen MR) is 71.1 cm³/mol. The van der Waals surface area contributed by atoms with Crippen molar-refractivity contribution in [3.05, 3.63) is 35.9 Å². The van der Waals surface area contributed by atoms with E-state index >= 15 is 0 Å². The van der Waals surface area contributed by atoms with Crippen LogP contribution in [-0.2, 0) is 10.3 Å². The molecule has 2 heteroatoms. The molecule has 1 aliphatic heterocycles. The van der Waals surface area contributed by atoms with Gasteiger partial charge < -0.3 is 10.1 Å². The van der Waals surface area contributed by atoms with Gasteiger partial charge in [0.15, 0.2) is 0 Å². The molecular formula is C15H23NO. The Kier molecular flexibility index (Phi) is 3.55. The third-order valence-corrected chi connectivity index (χ3v) is 4.21. The van der Waals surface area contributed by atoms with E-state index in [0.29, 0.717) is 0 Å². The van der Waals surface area contributed by atoms with Crippen LogP contribution in [0.1, 0.15) is 39.2 Å². The molecule has 1 aliphatic rings. The van der Waals surface area contributed by atoms with Crippen LogP contribution in [0, 0.1) is 0 Å². The summed E-state index contributed by atoms with van der Waals surface area (Å²) in [5, 5.41) is 3.70. The van der Waals surface area contributed by atoms with E-state index < -0.39 is 0 Å². The van der Waals surface area contributed by atoms with Gasteiger partial charge >= 0.3 is 0 Å². The van der Waals surface area contributed by atoms with Crippen molar-refractivity contribution in [3.8, 4) is 0 Å². The van der Waals surface area contributed by atoms with Crippen LogP contribution in [0.3, 0.4) is 0 Å². The summed E-state index contributed by atoms with van der Waals surface area (Å²) in [4.78, 5) is 0. The van der Waals surface area contributed by atoms with Gasteiger partial charge in [0.25, 0.3) is 0 Å². The maximum Gasteiger partial charge on any atom is 0.103 e. The second-order valence-electron chi connectivity index (χ2n) is 5.23. The van der Waals surface area contributed by atoms with Gasteiger partial charge in [-0.05, 0) is 25.3 Å². The summed E-state index contributed by atoms with van der Waals surface area (Å²) >= 11 is 0. The maximum atomic E-state index is 6.19. The molecule has 0 bridgehead atoms. The number of benzene rings is 1. The summed E-state index contributed by atoms with van der Waals surface area (Å²) in [5.41, 5.74) is 1.25. The lowest BCUT2D eigenvalue weighted by Crippen LogP contribution is -2.59. The van der Waals surface area contributed by atoms with Crippen molar-refractivity contribution in [1.29, 1.82) is 0 Å². The summed E-state index contributed by atoms with van der Waals surface area (Å²) in [6.45, 7) is 8.31. The molecule has 1 fully saturated rings. The molecule has 1 aromatic rings. The van der Waals surface area contributed by atoms with Gasteiger partial charge in [-0.3, -0.25) is 0 Å². The molecule has 94 valence electrons. The molecule has 0 amide bonds. The Morgan fingerprint density at radius 3 is 2.29 bits per heavy atom. The number of ether oxygens (including phenoxy) is 1. The number of nitrogens with one attached hydrogen (secondary N) is 1. The SMILES string of the molecule is CCC1(CC)COC(C)(c2ccccc2)CN1. The van der Waals surface area contributed by atoms with Crippen molar-refractivity contribution in [1.82, 2.24) is 5.32 Å². The molecule has 0 radical (unpaired) electrons. The standard InChI is InChI=1S/C15H23NO/c1-4-15(5-2)12-17-14(3,11-16-15)13-9-7-6-8-10-13/h6-10,16H,4-5,11-12H2,1-3H3. The van der Waals surface area contributed by atoms with Crippen LogP contribution in [0.4, 0.5) is 0 Å². The van der Waals surface area contributed by atoms with E-state index in [1.54, 1.807) is 0 Å². The van der Waals surface area contributed by atoms with Gasteiger partial charge in [0.1, 0.15) is 5.60 Å². The smallest absolute Gasteiger partial charge is 0.103 e. The van der Waals surface area contributed by atoms with Gasteiger partial charge in [0.2, 0.25) is 0 Å². The average molecular weight is 233 g/mol. The normalized spacial score (nSPS) is 27.9. The van der Waals surface area contributed by atoms with Crippen LogP contribution < -0.4 is 5.32 Å². The summed E-state index contributed by atoms with van der Waals surface area (Å²) in [6, 6.07) is 10.5. The Balaban J connectivity index is 2.12. The Labute approximate surface area is 104 Å². The first-order valence-corrected chi connectivity index (χ1v) is 6.59. The zero-order chi connectivity index (χ0) is 12.4. The third kappa shape index (κ3) is 2.38. The molecule has 1 heterocycles. The van der Waals surface area contributed by atoms with Crippen LogP contribution >= 0.6 is 0 Å². The fraction of sp³-hybridized carbons (Fsp3) is 0.600. The number of hydrogen-bond acceptors (Lipinski definition) is 2. The molecule has 0 aliphatic carbocycles. The minimum atomic E-state index is -0.185. The molecule has 0 spiro atoms. The van der Waals surface area contributed by atoms with Crippen LogP contribution in [0.15, 0.2) is 30.3 Å². The van der Waals surface area contributed by atoms with Gasteiger partial charge in [-0.1, -0.05) is 44.2 Å². The highest BCUT2D eigenvalue weighted by atomic mass is 16.5. The Morgan fingerprint density at radius 1 is 1.18 bits per heavy atom. The number of rotatable bonds is 3. The van der Waals surface area contributed by atoms with Gasteiger partial charge in [-0.15, -0.1) is 0 Å². The van der Waals surface area contributed by atoms with Crippen molar-refractivity contribution in [2.45, 2.75) is 44.8 Å². The van der Waals surface area contributed by atoms with E-state index in [2.05, 4.69) is 50.4 Å². The maximum absolute atomic E-state index is 6.19. The van der Waals surface area contributed by atoms with Crippen molar-refractivity contribution in [2.75, 3.05) is 13.2 Å². The summed E-state index contributed by atoms with van der Waals surface area (Å²) in [7, 11) is 0. The van der Waals surface area contributed by atoms with Gasteiger partial charge in [-0.2, -0.15) is 0 Å². The fourth-order valence-corrected chi connectivity index (χ4v) is 2.44. The zero-order valence-corrected chi connectivity index (χ0v) is 11.1. The lowest BCUT2D eigenvalue weighted by molar-refractivity contribution is -0.105. The molecule has 17 heavy (non-hydrogen) atoms. The lowest BCUT2D eigenvalue weighted by atomic mass is 9.87. The van der Waals surface area contributed by atoms with E-state index in [9.17, 15) is 0 Å². The monoisotopic (exact) mass is 233 g/mol. The van der Waals surface area contributed by atoms with Crippen LogP contribution in [-0.4, -0.2) is 18.7 Å². The largest absolute Gasteiger partial charge is 0.367 e. The summed E-state index contributed by atoms with van der Waals surface area (Å²) in [6.07, 6.45) is 2.24. The average Bonchev–Trinajstić information content (AvgIpc) is 2.41. The second kappa shape index (κ2) is 4.79. The quantitative estimate of drug-likeness (QED) is 0.866. The van der Waals surface area contributed by atoms with Crippen LogP contribution in [0.2, 0.25) is 0 Å². The molecule has 1 atom stereocenters. The fourth-order valence-electron chi connectivity index (χ4n) is 2.44. The summed E-state index contributed by atoms with van der Waals surface area (Å²) < 4.78 is 6.19. The molecule has 1 N–H and O–H groups in total. The van der Waals surface area contributed by atoms with Crippen molar-refractivity contribution < 1.29 is 4.74 Å². The van der Waals surface area contributed by atoms with E-state index in [0.717, 1.165) is 26.0 Å². The minimum Gasteiger partial charge on any atom is -0.367 e. The van der Waals surface area contributed by atoms with Gasteiger partial charge in [0.05, 0.1) is 6.61 Å². The molecule has 1 aromatic carbocycles. The second-order valence-corrected chi connectivity index (χ2v) is 5.23. The highest BCUT2D eigenvalue weighted by Gasteiger charge is 2.39. The summed E-state index contributed by atoms with van der Waals surface area (Å²) in [5.74, 6) is 0. The first-order chi connectivity index (χ1) is 8.14. The highest BCUT2D eigenvalue weighted by Crippen LogP contribution is 2.32. The Bertz CT molecular complexity index is 346. The Hall–Kier alpha value is -0.860. The van der Waals surface area contributed by atoms with Crippen LogP contribution in [0.25, 0.3) is 0 Å². The first kappa shape index (κ1) is 12.6. The van der Waals surface area contributed by atoms with E-state index in [1.165, 1.54) is 5.56 Å². The molecule has 1 unspecified atom stereocenters.